The van der Waals surface area contributed by atoms with E-state index in [2.05, 4.69) is 10.1 Å². The van der Waals surface area contributed by atoms with Crippen molar-refractivity contribution in [3.8, 4) is 0 Å². The largest absolute Gasteiger partial charge is 0.336 e. The maximum atomic E-state index is 13.3. The normalized spacial score (nSPS) is 19.5. The predicted octanol–water partition coefficient (Wildman–Crippen LogP) is 2.04. The third-order valence-electron chi connectivity index (χ3n) is 6.45. The molecule has 4 rings (SSSR count). The number of carbonyl (C=O) groups excluding carboxylic acids is 2. The van der Waals surface area contributed by atoms with Crippen LogP contribution in [-0.4, -0.2) is 54.5 Å². The molecule has 2 atom stereocenters. The summed E-state index contributed by atoms with van der Waals surface area (Å²) < 4.78 is 1.77. The van der Waals surface area contributed by atoms with E-state index in [1.807, 2.05) is 31.0 Å². The number of carbonyl (C=O) groups is 2. The van der Waals surface area contributed by atoms with E-state index in [9.17, 15) is 14.4 Å². The highest BCUT2D eigenvalue weighted by atomic mass is 16.2. The molecule has 0 spiro atoms. The van der Waals surface area contributed by atoms with Gasteiger partial charge in [0.2, 0.25) is 11.8 Å². The summed E-state index contributed by atoms with van der Waals surface area (Å²) in [5, 5.41) is 4.21. The molecule has 2 amide bonds. The number of H-pyrrole nitrogens is 1. The summed E-state index contributed by atoms with van der Waals surface area (Å²) in [6.45, 7) is 5.97. The van der Waals surface area contributed by atoms with Gasteiger partial charge in [-0.2, -0.15) is 5.10 Å². The van der Waals surface area contributed by atoms with Gasteiger partial charge in [-0.1, -0.05) is 13.8 Å². The molecule has 0 aliphatic carbocycles. The molecule has 9 nitrogen and oxygen atoms in total. The number of likely N-dealkylation sites (tertiary alicyclic amines) is 1. The fourth-order valence-corrected chi connectivity index (χ4v) is 4.73. The van der Waals surface area contributed by atoms with Crippen molar-refractivity contribution in [2.75, 3.05) is 13.1 Å². The first kappa shape index (κ1) is 22.2. The van der Waals surface area contributed by atoms with Crippen LogP contribution in [0.5, 0.6) is 0 Å². The molecule has 172 valence electrons. The quantitative estimate of drug-likeness (QED) is 0.740. The van der Waals surface area contributed by atoms with Crippen LogP contribution in [0.15, 0.2) is 23.3 Å². The van der Waals surface area contributed by atoms with Gasteiger partial charge >= 0.3 is 0 Å². The molecule has 32 heavy (non-hydrogen) atoms. The van der Waals surface area contributed by atoms with Crippen LogP contribution in [0, 0.1) is 5.92 Å². The lowest BCUT2D eigenvalue weighted by atomic mass is 9.98. The minimum absolute atomic E-state index is 0.0466. The highest BCUT2D eigenvalue weighted by Gasteiger charge is 2.33. The number of fused-ring (bicyclic) bond motifs is 1. The Balaban J connectivity index is 1.56. The number of aromatic nitrogens is 4. The van der Waals surface area contributed by atoms with Crippen LogP contribution in [0.3, 0.4) is 0 Å². The molecule has 0 saturated carbocycles. The van der Waals surface area contributed by atoms with E-state index in [0.29, 0.717) is 56.1 Å². The molecule has 0 bridgehead atoms. The Bertz CT molecular complexity index is 1020. The van der Waals surface area contributed by atoms with Gasteiger partial charge in [0.1, 0.15) is 5.82 Å². The van der Waals surface area contributed by atoms with Gasteiger partial charge in [0, 0.05) is 37.5 Å². The first-order valence-electron chi connectivity index (χ1n) is 11.7. The fourth-order valence-electron chi connectivity index (χ4n) is 4.73. The van der Waals surface area contributed by atoms with Gasteiger partial charge in [0.15, 0.2) is 0 Å². The molecule has 2 aromatic heterocycles. The van der Waals surface area contributed by atoms with Gasteiger partial charge in [-0.3, -0.25) is 19.1 Å². The molecule has 0 aromatic carbocycles. The number of hydrogen-bond donors (Lipinski definition) is 1. The Labute approximate surface area is 187 Å². The van der Waals surface area contributed by atoms with Crippen LogP contribution in [0.25, 0.3) is 0 Å². The molecular formula is C23H32N6O3. The van der Waals surface area contributed by atoms with Gasteiger partial charge in [0.25, 0.3) is 5.56 Å². The van der Waals surface area contributed by atoms with Gasteiger partial charge in [-0.05, 0) is 38.2 Å². The Hall–Kier alpha value is -2.97. The van der Waals surface area contributed by atoms with Crippen molar-refractivity contribution in [1.29, 1.82) is 0 Å². The van der Waals surface area contributed by atoms with E-state index >= 15 is 0 Å². The van der Waals surface area contributed by atoms with E-state index < -0.39 is 0 Å². The Morgan fingerprint density at radius 2 is 2.12 bits per heavy atom. The molecule has 1 saturated heterocycles. The van der Waals surface area contributed by atoms with Gasteiger partial charge in [-0.15, -0.1) is 0 Å². The molecule has 1 N–H and O–H groups in total. The van der Waals surface area contributed by atoms with Gasteiger partial charge in [-0.25, -0.2) is 4.98 Å². The monoisotopic (exact) mass is 440 g/mol. The first-order chi connectivity index (χ1) is 15.5. The zero-order chi connectivity index (χ0) is 22.7. The topological polar surface area (TPSA) is 104 Å². The van der Waals surface area contributed by atoms with Crippen molar-refractivity contribution in [2.24, 2.45) is 5.92 Å². The van der Waals surface area contributed by atoms with E-state index in [4.69, 9.17) is 4.98 Å². The lowest BCUT2D eigenvalue weighted by Gasteiger charge is -2.37. The summed E-state index contributed by atoms with van der Waals surface area (Å²) in [7, 11) is 0. The number of nitrogens with one attached hydrogen (secondary N) is 1. The predicted molar refractivity (Wildman–Crippen MR) is 119 cm³/mol. The third-order valence-corrected chi connectivity index (χ3v) is 6.45. The van der Waals surface area contributed by atoms with Crippen molar-refractivity contribution in [3.05, 3.63) is 45.9 Å². The third kappa shape index (κ3) is 4.61. The first-order valence-corrected chi connectivity index (χ1v) is 11.7. The zero-order valence-corrected chi connectivity index (χ0v) is 18.9. The van der Waals surface area contributed by atoms with E-state index in [-0.39, 0.29) is 29.3 Å². The van der Waals surface area contributed by atoms with E-state index in [1.54, 1.807) is 15.8 Å². The van der Waals surface area contributed by atoms with Crippen molar-refractivity contribution in [2.45, 2.75) is 71.5 Å². The smallest absolute Gasteiger partial charge is 0.254 e. The van der Waals surface area contributed by atoms with E-state index in [0.717, 1.165) is 25.7 Å². The average Bonchev–Trinajstić information content (AvgIpc) is 3.31. The molecule has 0 radical (unpaired) electrons. The lowest BCUT2D eigenvalue weighted by molar-refractivity contribution is -0.139. The zero-order valence-electron chi connectivity index (χ0n) is 18.9. The summed E-state index contributed by atoms with van der Waals surface area (Å²) in [5.41, 5.74) is 1.19. The fraction of sp³-hybridized carbons (Fsp3) is 0.609. The minimum atomic E-state index is -0.254. The minimum Gasteiger partial charge on any atom is -0.336 e. The van der Waals surface area contributed by atoms with Crippen LogP contribution in [-0.2, 0) is 29.1 Å². The molecular weight excluding hydrogens is 408 g/mol. The number of amides is 2. The van der Waals surface area contributed by atoms with Crippen molar-refractivity contribution >= 4 is 11.8 Å². The number of rotatable bonds is 6. The maximum Gasteiger partial charge on any atom is 0.254 e. The number of piperidine rings is 1. The van der Waals surface area contributed by atoms with Crippen LogP contribution in [0.1, 0.15) is 69.1 Å². The molecule has 4 heterocycles. The van der Waals surface area contributed by atoms with Crippen LogP contribution < -0.4 is 5.56 Å². The van der Waals surface area contributed by atoms with Crippen LogP contribution >= 0.6 is 0 Å². The molecule has 2 aliphatic heterocycles. The summed E-state index contributed by atoms with van der Waals surface area (Å²) in [6.07, 6.45) is 8.05. The second kappa shape index (κ2) is 9.67. The number of nitrogens with zero attached hydrogens (tertiary/aromatic N) is 5. The highest BCUT2D eigenvalue weighted by Crippen LogP contribution is 2.31. The maximum absolute atomic E-state index is 13.3. The average molecular weight is 441 g/mol. The molecule has 9 heteroatoms. The van der Waals surface area contributed by atoms with Crippen LogP contribution in [0.4, 0.5) is 0 Å². The van der Waals surface area contributed by atoms with Crippen molar-refractivity contribution < 1.29 is 9.59 Å². The summed E-state index contributed by atoms with van der Waals surface area (Å²) >= 11 is 0. The summed E-state index contributed by atoms with van der Waals surface area (Å²) in [6, 6.07) is 1.59. The van der Waals surface area contributed by atoms with E-state index in [1.165, 1.54) is 0 Å². The highest BCUT2D eigenvalue weighted by molar-refractivity contribution is 5.79. The number of hydrogen-bond acceptors (Lipinski definition) is 5. The molecule has 0 unspecified atom stereocenters. The Morgan fingerprint density at radius 3 is 2.88 bits per heavy atom. The molecule has 2 aliphatic rings. The molecule has 1 fully saturated rings. The van der Waals surface area contributed by atoms with Gasteiger partial charge < -0.3 is 14.8 Å². The molecule has 2 aromatic rings. The second-order valence-electron chi connectivity index (χ2n) is 8.86. The number of aromatic amines is 1. The Kier molecular flexibility index (Phi) is 6.72. The Morgan fingerprint density at radius 1 is 1.28 bits per heavy atom. The standard InChI is InChI=1S/C23H32N6O3/c1-3-7-20(30)27-13-9-17-18(15-27)25-21(26-22(17)31)19-8-4-5-12-29(19)23(32)16(2)14-28-11-6-10-24-28/h6,10-11,16,19H,3-5,7-9,12-15H2,1-2H3,(H,25,26,31)/t16-,19+/m0/s1. The second-order valence-corrected chi connectivity index (χ2v) is 8.86. The summed E-state index contributed by atoms with van der Waals surface area (Å²) in [5.74, 6) is 0.453. The summed E-state index contributed by atoms with van der Waals surface area (Å²) in [4.78, 5) is 49.9. The van der Waals surface area contributed by atoms with Crippen LogP contribution in [0.2, 0.25) is 0 Å². The van der Waals surface area contributed by atoms with Crippen molar-refractivity contribution in [1.82, 2.24) is 29.5 Å². The van der Waals surface area contributed by atoms with Gasteiger partial charge in [0.05, 0.1) is 30.7 Å². The lowest BCUT2D eigenvalue weighted by Crippen LogP contribution is -2.44. The van der Waals surface area contributed by atoms with Crippen molar-refractivity contribution in [3.63, 3.8) is 0 Å². The SMILES string of the molecule is CCCC(=O)N1CCc2c(nc([C@H]3CCCCN3C(=O)[C@@H](C)Cn3cccn3)[nH]c2=O)C1.